The molecule has 0 aliphatic carbocycles. The molecule has 2 aromatic rings. The van der Waals surface area contributed by atoms with Gasteiger partial charge in [-0.15, -0.1) is 0 Å². The predicted octanol–water partition coefficient (Wildman–Crippen LogP) is 3.70. The van der Waals surface area contributed by atoms with Crippen molar-refractivity contribution in [2.45, 2.75) is 31.7 Å². The van der Waals surface area contributed by atoms with Crippen molar-refractivity contribution >= 4 is 33.2 Å². The molecular weight excluding hydrogens is 372 g/mol. The molecule has 26 heavy (non-hydrogen) atoms. The summed E-state index contributed by atoms with van der Waals surface area (Å²) in [5.74, 6) is -0.107. The fraction of sp³-hybridized carbons (Fsp3) is 0.316. The van der Waals surface area contributed by atoms with Crippen molar-refractivity contribution in [3.63, 3.8) is 0 Å². The van der Waals surface area contributed by atoms with Crippen molar-refractivity contribution in [3.05, 3.63) is 59.6 Å². The molecule has 0 saturated heterocycles. The number of halogens is 1. The number of anilines is 1. The first-order chi connectivity index (χ1) is 12.2. The quantitative estimate of drug-likeness (QED) is 0.778. The third-order valence-corrected chi connectivity index (χ3v) is 6.16. The molecule has 0 bridgehead atoms. The maximum absolute atomic E-state index is 13.1. The minimum Gasteiger partial charge on any atom is -0.352 e. The van der Waals surface area contributed by atoms with E-state index in [4.69, 9.17) is 11.6 Å². The Morgan fingerprint density at radius 3 is 2.15 bits per heavy atom. The molecule has 5 nitrogen and oxygen atoms in total. The Bertz CT molecular complexity index is 837. The number of para-hydroxylation sites is 1. The highest BCUT2D eigenvalue weighted by Crippen LogP contribution is 2.24. The van der Waals surface area contributed by atoms with E-state index in [1.54, 1.807) is 30.3 Å². The lowest BCUT2D eigenvalue weighted by Crippen LogP contribution is -2.44. The first-order valence-electron chi connectivity index (χ1n) is 8.34. The molecule has 2 rings (SSSR count). The zero-order chi connectivity index (χ0) is 19.3. The van der Waals surface area contributed by atoms with E-state index in [2.05, 4.69) is 5.32 Å². The SMILES string of the molecule is CC(C)[C@@H](C)NC(=O)CN(c1ccccc1)S(=O)(=O)c1ccc(Cl)cc1. The van der Waals surface area contributed by atoms with Crippen LogP contribution in [0.4, 0.5) is 5.69 Å². The summed E-state index contributed by atoms with van der Waals surface area (Å²) >= 11 is 5.86. The van der Waals surface area contributed by atoms with Crippen LogP contribution in [0.25, 0.3) is 0 Å². The standard InChI is InChI=1S/C19H23ClN2O3S/c1-14(2)15(3)21-19(23)13-22(17-7-5-4-6-8-17)26(24,25)18-11-9-16(20)10-12-18/h4-12,14-15H,13H2,1-3H3,(H,21,23)/t15-/m1/s1. The Morgan fingerprint density at radius 1 is 1.04 bits per heavy atom. The van der Waals surface area contributed by atoms with Gasteiger partial charge in [0.25, 0.3) is 10.0 Å². The summed E-state index contributed by atoms with van der Waals surface area (Å²) in [6.07, 6.45) is 0. The van der Waals surface area contributed by atoms with Gasteiger partial charge in [0.2, 0.25) is 5.91 Å². The molecule has 0 spiro atoms. The summed E-state index contributed by atoms with van der Waals surface area (Å²) in [6, 6.07) is 14.4. The summed E-state index contributed by atoms with van der Waals surface area (Å²) in [5, 5.41) is 3.29. The number of nitrogens with one attached hydrogen (secondary N) is 1. The summed E-state index contributed by atoms with van der Waals surface area (Å²) in [4.78, 5) is 12.5. The third kappa shape index (κ3) is 4.99. The number of benzene rings is 2. The van der Waals surface area contributed by atoms with Crippen LogP contribution in [0.15, 0.2) is 59.5 Å². The molecule has 0 saturated carbocycles. The number of sulfonamides is 1. The number of hydrogen-bond donors (Lipinski definition) is 1. The maximum atomic E-state index is 13.1. The molecule has 0 aromatic heterocycles. The smallest absolute Gasteiger partial charge is 0.264 e. The molecule has 2 aromatic carbocycles. The number of nitrogens with zero attached hydrogens (tertiary/aromatic N) is 1. The fourth-order valence-corrected chi connectivity index (χ4v) is 3.79. The Balaban J connectivity index is 2.36. The summed E-state index contributed by atoms with van der Waals surface area (Å²) in [6.45, 7) is 5.57. The maximum Gasteiger partial charge on any atom is 0.264 e. The lowest BCUT2D eigenvalue weighted by Gasteiger charge is -2.25. The molecule has 0 fully saturated rings. The largest absolute Gasteiger partial charge is 0.352 e. The highest BCUT2D eigenvalue weighted by molar-refractivity contribution is 7.92. The van der Waals surface area contributed by atoms with Crippen LogP contribution in [0.5, 0.6) is 0 Å². The van der Waals surface area contributed by atoms with Gasteiger partial charge in [0.1, 0.15) is 6.54 Å². The first-order valence-corrected chi connectivity index (χ1v) is 10.2. The van der Waals surface area contributed by atoms with Crippen molar-refractivity contribution in [1.29, 1.82) is 0 Å². The molecular formula is C19H23ClN2O3S. The molecule has 0 aliphatic rings. The Hall–Kier alpha value is -2.05. The van der Waals surface area contributed by atoms with Gasteiger partial charge < -0.3 is 5.32 Å². The van der Waals surface area contributed by atoms with Crippen LogP contribution in [-0.2, 0) is 14.8 Å². The topological polar surface area (TPSA) is 66.5 Å². The average molecular weight is 395 g/mol. The van der Waals surface area contributed by atoms with Crippen molar-refractivity contribution in [3.8, 4) is 0 Å². The van der Waals surface area contributed by atoms with E-state index < -0.39 is 10.0 Å². The van der Waals surface area contributed by atoms with E-state index in [0.717, 1.165) is 4.31 Å². The van der Waals surface area contributed by atoms with Crippen LogP contribution in [-0.4, -0.2) is 26.9 Å². The predicted molar refractivity (Wildman–Crippen MR) is 105 cm³/mol. The van der Waals surface area contributed by atoms with Gasteiger partial charge in [-0.1, -0.05) is 43.6 Å². The van der Waals surface area contributed by atoms with Gasteiger partial charge in [-0.25, -0.2) is 8.42 Å². The zero-order valence-electron chi connectivity index (χ0n) is 15.0. The van der Waals surface area contributed by atoms with Crippen LogP contribution in [0.3, 0.4) is 0 Å². The van der Waals surface area contributed by atoms with Crippen LogP contribution in [0.1, 0.15) is 20.8 Å². The average Bonchev–Trinajstić information content (AvgIpc) is 2.60. The highest BCUT2D eigenvalue weighted by atomic mass is 35.5. The number of carbonyl (C=O) groups excluding carboxylic acids is 1. The van der Waals surface area contributed by atoms with E-state index in [9.17, 15) is 13.2 Å². The van der Waals surface area contributed by atoms with E-state index in [0.29, 0.717) is 10.7 Å². The van der Waals surface area contributed by atoms with E-state index in [1.807, 2.05) is 20.8 Å². The van der Waals surface area contributed by atoms with Gasteiger partial charge in [0.05, 0.1) is 10.6 Å². The second-order valence-electron chi connectivity index (χ2n) is 6.40. The second-order valence-corrected chi connectivity index (χ2v) is 8.70. The number of rotatable bonds is 7. The van der Waals surface area contributed by atoms with Crippen molar-refractivity contribution in [1.82, 2.24) is 5.32 Å². The molecule has 1 amide bonds. The molecule has 1 N–H and O–H groups in total. The van der Waals surface area contributed by atoms with Gasteiger partial charge >= 0.3 is 0 Å². The third-order valence-electron chi connectivity index (χ3n) is 4.12. The number of carbonyl (C=O) groups is 1. The van der Waals surface area contributed by atoms with Crippen LogP contribution >= 0.6 is 11.6 Å². The molecule has 1 atom stereocenters. The summed E-state index contributed by atoms with van der Waals surface area (Å²) in [7, 11) is -3.91. The van der Waals surface area contributed by atoms with E-state index >= 15 is 0 Å². The molecule has 0 radical (unpaired) electrons. The summed E-state index contributed by atoms with van der Waals surface area (Å²) < 4.78 is 27.3. The van der Waals surface area contributed by atoms with E-state index in [-0.39, 0.29) is 29.3 Å². The van der Waals surface area contributed by atoms with Crippen molar-refractivity contribution < 1.29 is 13.2 Å². The molecule has 7 heteroatoms. The lowest BCUT2D eigenvalue weighted by molar-refractivity contribution is -0.120. The lowest BCUT2D eigenvalue weighted by atomic mass is 10.1. The Kier molecular flexibility index (Phi) is 6.67. The van der Waals surface area contributed by atoms with Crippen LogP contribution in [0, 0.1) is 5.92 Å². The second kappa shape index (κ2) is 8.56. The fourth-order valence-electron chi connectivity index (χ4n) is 2.24. The first kappa shape index (κ1) is 20.3. The summed E-state index contributed by atoms with van der Waals surface area (Å²) in [5.41, 5.74) is 0.426. The normalized spacial score (nSPS) is 12.7. The van der Waals surface area contributed by atoms with Gasteiger partial charge in [0, 0.05) is 11.1 Å². The Labute approximate surface area is 160 Å². The van der Waals surface area contributed by atoms with Crippen molar-refractivity contribution in [2.24, 2.45) is 5.92 Å². The minimum absolute atomic E-state index is 0.0571. The minimum atomic E-state index is -3.91. The number of hydrogen-bond acceptors (Lipinski definition) is 3. The van der Waals surface area contributed by atoms with Gasteiger partial charge in [0.15, 0.2) is 0 Å². The molecule has 0 aliphatic heterocycles. The molecule has 140 valence electrons. The van der Waals surface area contributed by atoms with Crippen LogP contribution < -0.4 is 9.62 Å². The Morgan fingerprint density at radius 2 is 1.62 bits per heavy atom. The number of amides is 1. The monoisotopic (exact) mass is 394 g/mol. The molecule has 0 heterocycles. The highest BCUT2D eigenvalue weighted by Gasteiger charge is 2.27. The van der Waals surface area contributed by atoms with Gasteiger partial charge in [-0.3, -0.25) is 9.10 Å². The zero-order valence-corrected chi connectivity index (χ0v) is 16.6. The molecule has 0 unspecified atom stereocenters. The van der Waals surface area contributed by atoms with Crippen molar-refractivity contribution in [2.75, 3.05) is 10.8 Å². The van der Waals surface area contributed by atoms with Gasteiger partial charge in [-0.05, 0) is 49.2 Å². The van der Waals surface area contributed by atoms with Crippen LogP contribution in [0.2, 0.25) is 5.02 Å². The van der Waals surface area contributed by atoms with Gasteiger partial charge in [-0.2, -0.15) is 0 Å². The van der Waals surface area contributed by atoms with E-state index in [1.165, 1.54) is 24.3 Å².